The molecule has 0 amide bonds. The second-order valence-electron chi connectivity index (χ2n) is 0.689. The van der Waals surface area contributed by atoms with E-state index >= 15 is 0 Å². The van der Waals surface area contributed by atoms with E-state index in [-0.39, 0.29) is 0 Å². The average molecular weight is 126 g/mol. The van der Waals surface area contributed by atoms with Gasteiger partial charge in [-0.1, -0.05) is 0 Å². The van der Waals surface area contributed by atoms with Gasteiger partial charge in [0.05, 0.1) is 0 Å². The molecule has 0 rings (SSSR count). The van der Waals surface area contributed by atoms with E-state index in [0.717, 1.165) is 0 Å². The van der Waals surface area contributed by atoms with Crippen molar-refractivity contribution in [3.05, 3.63) is 0 Å². The number of hydrogen-bond donors (Lipinski definition) is 0. The Hall–Kier alpha value is 0.540. The molecule has 0 saturated carbocycles. The fourth-order valence-corrected chi connectivity index (χ4v) is 1.06. The highest BCUT2D eigenvalue weighted by atomic mass is 32.2. The average Bonchev–Trinajstić information content (AvgIpc) is 1.35. The largest absolute Gasteiger partial charge is 0.272 e. The quantitative estimate of drug-likeness (QED) is 0.504. The third-order valence-electron chi connectivity index (χ3n) is 0.201. The minimum atomic E-state index is -1.05. The van der Waals surface area contributed by atoms with Crippen LogP contribution in [0.5, 0.6) is 0 Å². The van der Waals surface area contributed by atoms with Crippen molar-refractivity contribution in [3.8, 4) is 0 Å². The summed E-state index contributed by atoms with van der Waals surface area (Å²) in [6, 6.07) is 0. The van der Waals surface area contributed by atoms with Crippen molar-refractivity contribution in [2.45, 2.75) is 0 Å². The van der Waals surface area contributed by atoms with Crippen LogP contribution in [0, 0.1) is 0 Å². The van der Waals surface area contributed by atoms with Gasteiger partial charge in [0, 0.05) is 15.1 Å². The first-order chi connectivity index (χ1) is 2.77. The first kappa shape index (κ1) is 6.54. The number of hydrogen-bond acceptors (Lipinski definition) is 2. The monoisotopic (exact) mass is 126 g/mol. The predicted octanol–water partition coefficient (Wildman–Crippen LogP) is 0.520. The van der Waals surface area contributed by atoms with Crippen LogP contribution in [0.3, 0.4) is 0 Å². The Bertz CT molecular complexity index is 55.5. The molecule has 0 bridgehead atoms. The predicted molar refractivity (Wildman–Crippen MR) is 29.4 cm³/mol. The molecule has 0 aliphatic rings. The molecule has 0 N–H and O–H groups in total. The second-order valence-corrected chi connectivity index (χ2v) is 2.57. The van der Waals surface area contributed by atoms with E-state index in [1.54, 1.807) is 0 Å². The first-order valence-electron chi connectivity index (χ1n) is 1.45. The summed E-state index contributed by atoms with van der Waals surface area (Å²) in [5.74, 6) is 0. The molecule has 0 saturated heterocycles. The van der Waals surface area contributed by atoms with E-state index in [4.69, 9.17) is 0 Å². The molecule has 0 heterocycles. The minimum absolute atomic E-state index is 0.338. The summed E-state index contributed by atoms with van der Waals surface area (Å²) in [6.07, 6.45) is 1.51. The van der Waals surface area contributed by atoms with Gasteiger partial charge in [0.25, 0.3) is 0 Å². The van der Waals surface area contributed by atoms with Gasteiger partial charge in [-0.15, -0.1) is 0 Å². The smallest absolute Gasteiger partial charge is 0.155 e. The van der Waals surface area contributed by atoms with E-state index in [2.05, 4.69) is 3.97 Å². The Kier molecular flexibility index (Phi) is 4.06. The molecule has 2 unspecified atom stereocenters. The molecule has 2 atom stereocenters. The van der Waals surface area contributed by atoms with Gasteiger partial charge in [0.15, 0.2) is 11.1 Å². The van der Waals surface area contributed by atoms with Crippen LogP contribution in [0.4, 0.5) is 0 Å². The van der Waals surface area contributed by atoms with Crippen molar-refractivity contribution in [1.29, 1.82) is 0 Å². The normalized spacial score (nSPS) is 16.3. The third kappa shape index (κ3) is 4.54. The molecular weight excluding hydrogens is 119 g/mol. The van der Waals surface area contributed by atoms with Crippen LogP contribution in [0.1, 0.15) is 0 Å². The zero-order valence-corrected chi connectivity index (χ0v) is 5.54. The Balaban J connectivity index is 2.83. The molecule has 0 aliphatic carbocycles. The fourth-order valence-electron chi connectivity index (χ4n) is 0.117. The molecule has 38 valence electrons. The highest BCUT2D eigenvalue weighted by Gasteiger charge is 1.79. The second kappa shape index (κ2) is 3.72. The Morgan fingerprint density at radius 1 is 1.83 bits per heavy atom. The van der Waals surface area contributed by atoms with Crippen LogP contribution in [0.15, 0.2) is 0 Å². The maximum atomic E-state index is 9.94. The zero-order chi connectivity index (χ0) is 4.99. The van der Waals surface area contributed by atoms with Gasteiger partial charge < -0.3 is 0 Å². The molecule has 0 radical (unpaired) electrons. The molecule has 0 fully saturated rings. The van der Waals surface area contributed by atoms with Crippen LogP contribution in [0.25, 0.3) is 0 Å². The van der Waals surface area contributed by atoms with Gasteiger partial charge in [-0.3, -0.25) is 3.97 Å². The van der Waals surface area contributed by atoms with Crippen LogP contribution in [-0.2, 0) is 15.1 Å². The van der Waals surface area contributed by atoms with Crippen LogP contribution in [0.2, 0.25) is 0 Å². The lowest BCUT2D eigenvalue weighted by molar-refractivity contribution is 0.611. The lowest BCUT2D eigenvalue weighted by Crippen LogP contribution is -1.79. The van der Waals surface area contributed by atoms with E-state index in [1.165, 1.54) is 6.26 Å². The SMILES string of the molecule is CPOS(C)=O. The molecule has 0 aliphatic heterocycles. The summed E-state index contributed by atoms with van der Waals surface area (Å²) in [4.78, 5) is 0. The molecule has 0 spiro atoms. The topological polar surface area (TPSA) is 26.3 Å². The van der Waals surface area contributed by atoms with Crippen molar-refractivity contribution < 1.29 is 8.18 Å². The van der Waals surface area contributed by atoms with Crippen LogP contribution in [-0.4, -0.2) is 17.1 Å². The highest BCUT2D eigenvalue weighted by molar-refractivity contribution is 7.82. The Labute approximate surface area is 41.8 Å². The van der Waals surface area contributed by atoms with Crippen molar-refractivity contribution >= 4 is 19.9 Å². The summed E-state index contributed by atoms with van der Waals surface area (Å²) in [5.41, 5.74) is 0. The Morgan fingerprint density at radius 3 is 2.33 bits per heavy atom. The summed E-state index contributed by atoms with van der Waals surface area (Å²) in [7, 11) is 0.338. The molecule has 0 aromatic heterocycles. The van der Waals surface area contributed by atoms with Gasteiger partial charge in [-0.2, -0.15) is 0 Å². The summed E-state index contributed by atoms with van der Waals surface area (Å²) in [5, 5.41) is 0. The summed E-state index contributed by atoms with van der Waals surface area (Å²) >= 11 is -1.05. The van der Waals surface area contributed by atoms with E-state index in [9.17, 15) is 4.21 Å². The van der Waals surface area contributed by atoms with E-state index in [1.807, 2.05) is 6.66 Å². The molecular formula is C2H7O2PS. The van der Waals surface area contributed by atoms with Crippen molar-refractivity contribution in [2.75, 3.05) is 12.9 Å². The van der Waals surface area contributed by atoms with Crippen LogP contribution >= 0.6 is 8.81 Å². The Morgan fingerprint density at radius 2 is 2.33 bits per heavy atom. The summed E-state index contributed by atoms with van der Waals surface area (Å²) < 4.78 is 14.5. The standard InChI is InChI=1S/C2H7O2PS/c1-5-4-6(2)3/h5H,1-2H3. The number of rotatable bonds is 2. The van der Waals surface area contributed by atoms with Gasteiger partial charge in [0.2, 0.25) is 0 Å². The van der Waals surface area contributed by atoms with E-state index in [0.29, 0.717) is 8.81 Å². The zero-order valence-electron chi connectivity index (χ0n) is 3.72. The maximum absolute atomic E-state index is 9.94. The highest BCUT2D eigenvalue weighted by Crippen LogP contribution is 2.04. The van der Waals surface area contributed by atoms with E-state index < -0.39 is 11.1 Å². The lowest BCUT2D eigenvalue weighted by Gasteiger charge is -1.86. The van der Waals surface area contributed by atoms with Crippen molar-refractivity contribution in [2.24, 2.45) is 0 Å². The van der Waals surface area contributed by atoms with Crippen molar-refractivity contribution in [1.82, 2.24) is 0 Å². The van der Waals surface area contributed by atoms with Crippen molar-refractivity contribution in [3.63, 3.8) is 0 Å². The molecule has 2 nitrogen and oxygen atoms in total. The molecule has 0 aromatic rings. The van der Waals surface area contributed by atoms with Gasteiger partial charge >= 0.3 is 0 Å². The maximum Gasteiger partial charge on any atom is 0.155 e. The van der Waals surface area contributed by atoms with Crippen LogP contribution < -0.4 is 0 Å². The minimum Gasteiger partial charge on any atom is -0.272 e. The first-order valence-corrected chi connectivity index (χ1v) is 4.34. The molecule has 6 heavy (non-hydrogen) atoms. The third-order valence-corrected chi connectivity index (χ3v) is 1.81. The molecule has 4 heteroatoms. The molecule has 0 aromatic carbocycles. The fraction of sp³-hybridized carbons (Fsp3) is 1.00. The van der Waals surface area contributed by atoms with Gasteiger partial charge in [-0.05, 0) is 6.66 Å². The summed E-state index contributed by atoms with van der Waals surface area (Å²) in [6.45, 7) is 1.83. The van der Waals surface area contributed by atoms with Gasteiger partial charge in [-0.25, -0.2) is 4.21 Å². The van der Waals surface area contributed by atoms with Gasteiger partial charge in [0.1, 0.15) is 0 Å². The lowest BCUT2D eigenvalue weighted by atomic mass is 12.0.